The summed E-state index contributed by atoms with van der Waals surface area (Å²) in [6.07, 6.45) is 0.348. The number of aromatic nitrogens is 2. The highest BCUT2D eigenvalue weighted by Crippen LogP contribution is 2.38. The molecule has 0 bridgehead atoms. The summed E-state index contributed by atoms with van der Waals surface area (Å²) < 4.78 is 44.7. The molecule has 1 amide bonds. The first-order chi connectivity index (χ1) is 20.0. The Kier molecular flexibility index (Phi) is 8.46. The van der Waals surface area contributed by atoms with Gasteiger partial charge in [0, 0.05) is 16.3 Å². The largest absolute Gasteiger partial charge is 0.456 e. The van der Waals surface area contributed by atoms with Gasteiger partial charge in [-0.1, -0.05) is 49.7 Å². The molecule has 0 saturated heterocycles. The number of hydrogen-bond acceptors (Lipinski definition) is 6. The van der Waals surface area contributed by atoms with Gasteiger partial charge < -0.3 is 15.4 Å². The van der Waals surface area contributed by atoms with E-state index < -0.39 is 11.7 Å². The first-order valence-corrected chi connectivity index (χ1v) is 14.0. The number of amides is 1. The Morgan fingerprint density at radius 2 is 1.76 bits per heavy atom. The van der Waals surface area contributed by atoms with Crippen molar-refractivity contribution in [1.82, 2.24) is 9.97 Å². The number of hydrogen-bond donors (Lipinski definition) is 2. The first-order valence-electron chi connectivity index (χ1n) is 12.8. The van der Waals surface area contributed by atoms with Gasteiger partial charge >= 0.3 is 6.18 Å². The van der Waals surface area contributed by atoms with Crippen LogP contribution < -0.4 is 15.4 Å². The van der Waals surface area contributed by atoms with Crippen LogP contribution >= 0.6 is 22.9 Å². The van der Waals surface area contributed by atoms with Crippen molar-refractivity contribution < 1.29 is 22.7 Å². The number of carbonyl (C=O) groups excluding carboxylic acids is 1. The fourth-order valence-corrected chi connectivity index (χ4v) is 5.16. The lowest BCUT2D eigenvalue weighted by Crippen LogP contribution is -2.07. The molecule has 11 heteroatoms. The lowest BCUT2D eigenvalue weighted by atomic mass is 10.1. The molecular weight excluding hydrogens is 585 g/mol. The van der Waals surface area contributed by atoms with Gasteiger partial charge in [0.1, 0.15) is 28.5 Å². The molecule has 0 radical (unpaired) electrons. The van der Waals surface area contributed by atoms with Crippen LogP contribution in [0.1, 0.15) is 19.4 Å². The van der Waals surface area contributed by atoms with Gasteiger partial charge in [0.2, 0.25) is 5.91 Å². The second-order valence-electron chi connectivity index (χ2n) is 9.62. The number of thiophene rings is 1. The molecule has 214 valence electrons. The maximum absolute atomic E-state index is 13.0. The first kappa shape index (κ1) is 29.1. The minimum atomic E-state index is -4.48. The summed E-state index contributed by atoms with van der Waals surface area (Å²) in [4.78, 5) is 22.6. The molecule has 5 rings (SSSR count). The Morgan fingerprint density at radius 1 is 1.00 bits per heavy atom. The highest BCUT2D eigenvalue weighted by atomic mass is 35.5. The molecule has 0 aliphatic heterocycles. The van der Waals surface area contributed by atoms with Crippen LogP contribution in [-0.4, -0.2) is 15.9 Å². The molecule has 0 aliphatic rings. The maximum atomic E-state index is 13.0. The lowest BCUT2D eigenvalue weighted by molar-refractivity contribution is -0.137. The smallest absolute Gasteiger partial charge is 0.416 e. The van der Waals surface area contributed by atoms with E-state index in [-0.39, 0.29) is 28.3 Å². The minimum absolute atomic E-state index is 0.0223. The van der Waals surface area contributed by atoms with Crippen molar-refractivity contribution in [3.05, 3.63) is 102 Å². The van der Waals surface area contributed by atoms with Gasteiger partial charge in [-0.2, -0.15) is 13.2 Å². The van der Waals surface area contributed by atoms with Crippen LogP contribution in [0.15, 0.2) is 91.3 Å². The van der Waals surface area contributed by atoms with Gasteiger partial charge in [0.05, 0.1) is 16.0 Å². The zero-order chi connectivity index (χ0) is 29.9. The number of allylic oxidation sites excluding steroid dienone is 1. The second kappa shape index (κ2) is 12.2. The van der Waals surface area contributed by atoms with Crippen molar-refractivity contribution >= 4 is 56.3 Å². The molecule has 0 fully saturated rings. The van der Waals surface area contributed by atoms with Crippen molar-refractivity contribution in [2.24, 2.45) is 5.92 Å². The number of alkyl halides is 3. The van der Waals surface area contributed by atoms with E-state index >= 15 is 0 Å². The van der Waals surface area contributed by atoms with Crippen LogP contribution in [0, 0.1) is 5.92 Å². The Labute approximate surface area is 248 Å². The predicted molar refractivity (Wildman–Crippen MR) is 162 cm³/mol. The van der Waals surface area contributed by atoms with Crippen LogP contribution in [-0.2, 0) is 11.0 Å². The monoisotopic (exact) mass is 608 g/mol. The quantitative estimate of drug-likeness (QED) is 0.172. The Hall–Kier alpha value is -4.41. The van der Waals surface area contributed by atoms with Gasteiger partial charge in [0.25, 0.3) is 0 Å². The maximum Gasteiger partial charge on any atom is 0.416 e. The van der Waals surface area contributed by atoms with E-state index in [4.69, 9.17) is 16.3 Å². The molecule has 2 N–H and O–H groups in total. The zero-order valence-electron chi connectivity index (χ0n) is 22.4. The fourth-order valence-electron chi connectivity index (χ4n) is 3.94. The number of ether oxygens (including phenoxy) is 1. The van der Waals surface area contributed by atoms with Gasteiger partial charge in [-0.15, -0.1) is 11.3 Å². The standard InChI is InChI=1S/C31H24ClF3N4O2S/c1-18(2)6-13-28(40)38-21-9-7-19(8-10-21)27-16-24-29(36-17-37-30(24)42-27)39-22-11-12-26(25(32)15-22)41-23-5-3-4-20(14-23)31(33,34)35/h3-18H,1-2H3,(H,38,40)(H,36,37,39)/b13-6+. The van der Waals surface area contributed by atoms with Gasteiger partial charge in [-0.25, -0.2) is 9.97 Å². The highest BCUT2D eigenvalue weighted by Gasteiger charge is 2.30. The summed E-state index contributed by atoms with van der Waals surface area (Å²) >= 11 is 7.91. The van der Waals surface area contributed by atoms with E-state index in [1.54, 1.807) is 18.2 Å². The van der Waals surface area contributed by atoms with Crippen molar-refractivity contribution in [3.63, 3.8) is 0 Å². The SMILES string of the molecule is CC(C)/C=C/C(=O)Nc1ccc(-c2cc3c(Nc4ccc(Oc5cccc(C(F)(F)F)c5)c(Cl)c4)ncnc3s2)cc1. The summed E-state index contributed by atoms with van der Waals surface area (Å²) in [6.45, 7) is 4.01. The Morgan fingerprint density at radius 3 is 2.48 bits per heavy atom. The number of nitrogens with one attached hydrogen (secondary N) is 2. The molecular formula is C31H24ClF3N4O2S. The molecule has 0 saturated carbocycles. The van der Waals surface area contributed by atoms with E-state index in [1.165, 1.54) is 35.9 Å². The van der Waals surface area contributed by atoms with Crippen molar-refractivity contribution in [2.75, 3.05) is 10.6 Å². The molecule has 5 aromatic rings. The number of fused-ring (bicyclic) bond motifs is 1. The van der Waals surface area contributed by atoms with Gasteiger partial charge in [-0.05, 0) is 72.2 Å². The van der Waals surface area contributed by atoms with Gasteiger partial charge in [0.15, 0.2) is 0 Å². The van der Waals surface area contributed by atoms with E-state index in [0.29, 0.717) is 17.2 Å². The average molecular weight is 609 g/mol. The van der Waals surface area contributed by atoms with Crippen LogP contribution in [0.25, 0.3) is 20.7 Å². The minimum Gasteiger partial charge on any atom is -0.456 e. The molecule has 3 aromatic carbocycles. The highest BCUT2D eigenvalue weighted by molar-refractivity contribution is 7.21. The van der Waals surface area contributed by atoms with Crippen molar-refractivity contribution in [1.29, 1.82) is 0 Å². The van der Waals surface area contributed by atoms with E-state index in [2.05, 4.69) is 20.6 Å². The number of rotatable bonds is 8. The third kappa shape index (κ3) is 7.07. The van der Waals surface area contributed by atoms with Gasteiger partial charge in [-0.3, -0.25) is 4.79 Å². The molecule has 42 heavy (non-hydrogen) atoms. The van der Waals surface area contributed by atoms with E-state index in [9.17, 15) is 18.0 Å². The average Bonchev–Trinajstić information content (AvgIpc) is 3.39. The number of anilines is 3. The van der Waals surface area contributed by atoms with E-state index in [0.717, 1.165) is 32.8 Å². The summed E-state index contributed by atoms with van der Waals surface area (Å²) in [5.41, 5.74) is 1.45. The molecule has 0 aliphatic carbocycles. The molecule has 2 aromatic heterocycles. The summed E-state index contributed by atoms with van der Waals surface area (Å²) in [5.74, 6) is 0.902. The Bertz CT molecular complexity index is 1770. The van der Waals surface area contributed by atoms with Crippen LogP contribution in [0.4, 0.5) is 30.4 Å². The summed E-state index contributed by atoms with van der Waals surface area (Å²) in [7, 11) is 0. The zero-order valence-corrected chi connectivity index (χ0v) is 23.9. The number of benzene rings is 3. The topological polar surface area (TPSA) is 76.1 Å². The molecule has 0 spiro atoms. The van der Waals surface area contributed by atoms with Crippen LogP contribution in [0.5, 0.6) is 11.5 Å². The lowest BCUT2D eigenvalue weighted by Gasteiger charge is -2.12. The fraction of sp³-hybridized carbons (Fsp3) is 0.129. The molecule has 6 nitrogen and oxygen atoms in total. The summed E-state index contributed by atoms with van der Waals surface area (Å²) in [5, 5.41) is 7.09. The second-order valence-corrected chi connectivity index (χ2v) is 11.1. The normalized spacial score (nSPS) is 11.8. The number of halogens is 4. The Balaban J connectivity index is 1.31. The van der Waals surface area contributed by atoms with Crippen molar-refractivity contribution in [3.8, 4) is 21.9 Å². The molecule has 0 unspecified atom stereocenters. The van der Waals surface area contributed by atoms with E-state index in [1.807, 2.05) is 50.3 Å². The summed E-state index contributed by atoms with van der Waals surface area (Å²) in [6, 6.07) is 19.0. The third-order valence-electron chi connectivity index (χ3n) is 5.98. The number of carbonyl (C=O) groups is 1. The van der Waals surface area contributed by atoms with Crippen LogP contribution in [0.2, 0.25) is 5.02 Å². The number of nitrogens with zero attached hydrogens (tertiary/aromatic N) is 2. The molecule has 2 heterocycles. The molecule has 0 atom stereocenters. The predicted octanol–water partition coefficient (Wildman–Crippen LogP) is 9.72. The van der Waals surface area contributed by atoms with Crippen molar-refractivity contribution in [2.45, 2.75) is 20.0 Å². The third-order valence-corrected chi connectivity index (χ3v) is 7.37. The van der Waals surface area contributed by atoms with Crippen LogP contribution in [0.3, 0.4) is 0 Å².